The second kappa shape index (κ2) is 6.53. The van der Waals surface area contributed by atoms with Crippen LogP contribution >= 0.6 is 23.5 Å². The van der Waals surface area contributed by atoms with Crippen molar-refractivity contribution in [3.8, 4) is 0 Å². The molecule has 108 valence electrons. The lowest BCUT2D eigenvalue weighted by atomic mass is 10.2. The Morgan fingerprint density at radius 1 is 1.40 bits per heavy atom. The van der Waals surface area contributed by atoms with Crippen LogP contribution in [0.4, 0.5) is 18.9 Å². The number of hydrogen-bond donors (Lipinski definition) is 1. The number of rotatable bonds is 3. The summed E-state index contributed by atoms with van der Waals surface area (Å²) in [6.07, 6.45) is 0. The van der Waals surface area contributed by atoms with Gasteiger partial charge in [-0.2, -0.15) is 0 Å². The topological polar surface area (TPSA) is 41.5 Å². The van der Waals surface area contributed by atoms with Crippen LogP contribution in [0.1, 0.15) is 6.92 Å². The molecule has 0 aliphatic carbocycles. The fraction of sp³-hybridized carbons (Fsp3) is 0.333. The Morgan fingerprint density at radius 2 is 2.15 bits per heavy atom. The largest absolute Gasteiger partial charge is 0.323 e. The van der Waals surface area contributed by atoms with Gasteiger partial charge in [-0.15, -0.1) is 0 Å². The van der Waals surface area contributed by atoms with Gasteiger partial charge in [0.2, 0.25) is 5.91 Å². The standard InChI is InChI=1S/C12H11F3N2OS2/c1-6(20-12-16-4-5-19-12)11(18)17-8-3-2-7(13)9(14)10(8)15/h2-3,6H,4-5H2,1H3,(H,17,18)/t6-/m1/s1. The van der Waals surface area contributed by atoms with Crippen molar-refractivity contribution in [1.29, 1.82) is 0 Å². The van der Waals surface area contributed by atoms with Crippen LogP contribution in [0.3, 0.4) is 0 Å². The van der Waals surface area contributed by atoms with E-state index in [2.05, 4.69) is 10.3 Å². The number of carbonyl (C=O) groups excluding carboxylic acids is 1. The predicted molar refractivity (Wildman–Crippen MR) is 76.8 cm³/mol. The average Bonchev–Trinajstić information content (AvgIpc) is 2.92. The molecule has 3 nitrogen and oxygen atoms in total. The molecule has 0 aromatic heterocycles. The van der Waals surface area contributed by atoms with Crippen molar-refractivity contribution in [2.75, 3.05) is 17.6 Å². The first-order valence-electron chi connectivity index (χ1n) is 5.77. The van der Waals surface area contributed by atoms with Gasteiger partial charge in [-0.25, -0.2) is 13.2 Å². The molecule has 1 atom stereocenters. The molecule has 1 aromatic rings. The zero-order valence-electron chi connectivity index (χ0n) is 10.5. The van der Waals surface area contributed by atoms with Gasteiger partial charge >= 0.3 is 0 Å². The van der Waals surface area contributed by atoms with Crippen molar-refractivity contribution < 1.29 is 18.0 Å². The predicted octanol–water partition coefficient (Wildman–Crippen LogP) is 3.27. The molecule has 1 amide bonds. The van der Waals surface area contributed by atoms with Gasteiger partial charge in [0.1, 0.15) is 4.38 Å². The molecule has 1 aromatic carbocycles. The van der Waals surface area contributed by atoms with Crippen LogP contribution in [-0.4, -0.2) is 27.8 Å². The summed E-state index contributed by atoms with van der Waals surface area (Å²) >= 11 is 2.81. The summed E-state index contributed by atoms with van der Waals surface area (Å²) in [6.45, 7) is 2.36. The lowest BCUT2D eigenvalue weighted by Gasteiger charge is -2.12. The molecule has 0 unspecified atom stereocenters. The van der Waals surface area contributed by atoms with Crippen molar-refractivity contribution >= 4 is 39.5 Å². The number of benzene rings is 1. The molecular weight excluding hydrogens is 309 g/mol. The fourth-order valence-electron chi connectivity index (χ4n) is 1.45. The number of aliphatic imine (C=N–C) groups is 1. The van der Waals surface area contributed by atoms with Crippen LogP contribution in [-0.2, 0) is 4.79 Å². The van der Waals surface area contributed by atoms with Crippen molar-refractivity contribution in [1.82, 2.24) is 0 Å². The Labute approximate surface area is 122 Å². The van der Waals surface area contributed by atoms with E-state index in [1.54, 1.807) is 18.7 Å². The van der Waals surface area contributed by atoms with E-state index in [0.717, 1.165) is 28.8 Å². The monoisotopic (exact) mass is 320 g/mol. The summed E-state index contributed by atoms with van der Waals surface area (Å²) in [4.78, 5) is 16.1. The minimum Gasteiger partial charge on any atom is -0.323 e. The van der Waals surface area contributed by atoms with E-state index >= 15 is 0 Å². The van der Waals surface area contributed by atoms with E-state index in [1.165, 1.54) is 11.8 Å². The van der Waals surface area contributed by atoms with Gasteiger partial charge < -0.3 is 5.32 Å². The van der Waals surface area contributed by atoms with E-state index in [-0.39, 0.29) is 5.69 Å². The molecule has 1 N–H and O–H groups in total. The van der Waals surface area contributed by atoms with Crippen molar-refractivity contribution in [3.05, 3.63) is 29.6 Å². The maximum absolute atomic E-state index is 13.4. The Hall–Kier alpha value is -1.15. The average molecular weight is 320 g/mol. The smallest absolute Gasteiger partial charge is 0.237 e. The number of hydrogen-bond acceptors (Lipinski definition) is 4. The van der Waals surface area contributed by atoms with Crippen molar-refractivity contribution in [2.24, 2.45) is 4.99 Å². The Balaban J connectivity index is 2.02. The quantitative estimate of drug-likeness (QED) is 0.869. The maximum atomic E-state index is 13.4. The molecule has 0 fully saturated rings. The van der Waals surface area contributed by atoms with Crippen LogP contribution in [0.25, 0.3) is 0 Å². The van der Waals surface area contributed by atoms with Crippen LogP contribution in [0.2, 0.25) is 0 Å². The molecule has 0 spiro atoms. The van der Waals surface area contributed by atoms with Crippen molar-refractivity contribution in [3.63, 3.8) is 0 Å². The highest BCUT2D eigenvalue weighted by Gasteiger charge is 2.21. The number of halogens is 3. The van der Waals surface area contributed by atoms with Crippen LogP contribution in [0.5, 0.6) is 0 Å². The van der Waals surface area contributed by atoms with E-state index in [1.807, 2.05) is 0 Å². The molecule has 0 radical (unpaired) electrons. The second-order valence-electron chi connectivity index (χ2n) is 3.97. The molecule has 0 saturated carbocycles. The highest BCUT2D eigenvalue weighted by Crippen LogP contribution is 2.27. The molecule has 2 rings (SSSR count). The van der Waals surface area contributed by atoms with Gasteiger partial charge in [0.05, 0.1) is 17.5 Å². The third-order valence-electron chi connectivity index (χ3n) is 2.50. The van der Waals surface area contributed by atoms with Gasteiger partial charge in [0, 0.05) is 5.75 Å². The Kier molecular flexibility index (Phi) is 4.98. The number of anilines is 1. The SMILES string of the molecule is C[C@@H](SC1=NCCS1)C(=O)Nc1ccc(F)c(F)c1F. The van der Waals surface area contributed by atoms with Crippen molar-refractivity contribution in [2.45, 2.75) is 12.2 Å². The summed E-state index contributed by atoms with van der Waals surface area (Å²) in [6, 6.07) is 1.76. The number of thioether (sulfide) groups is 2. The first-order chi connectivity index (χ1) is 9.49. The van der Waals surface area contributed by atoms with E-state index in [0.29, 0.717) is 0 Å². The first kappa shape index (κ1) is 15.2. The summed E-state index contributed by atoms with van der Waals surface area (Å²) in [5.74, 6) is -3.90. The molecule has 1 aliphatic rings. The van der Waals surface area contributed by atoms with Gasteiger partial charge in [-0.1, -0.05) is 23.5 Å². The van der Waals surface area contributed by atoms with E-state index in [4.69, 9.17) is 0 Å². The number of nitrogens with zero attached hydrogens (tertiary/aromatic N) is 1. The molecule has 0 bridgehead atoms. The molecule has 8 heteroatoms. The summed E-state index contributed by atoms with van der Waals surface area (Å²) in [5.41, 5.74) is -0.373. The highest BCUT2D eigenvalue weighted by molar-refractivity contribution is 8.39. The zero-order chi connectivity index (χ0) is 14.7. The van der Waals surface area contributed by atoms with Crippen LogP contribution < -0.4 is 5.32 Å². The van der Waals surface area contributed by atoms with Crippen LogP contribution in [0, 0.1) is 17.5 Å². The summed E-state index contributed by atoms with van der Waals surface area (Å²) in [7, 11) is 0. The first-order valence-corrected chi connectivity index (χ1v) is 7.64. The Morgan fingerprint density at radius 3 is 2.80 bits per heavy atom. The molecule has 1 heterocycles. The molecule has 0 saturated heterocycles. The third kappa shape index (κ3) is 3.49. The second-order valence-corrected chi connectivity index (χ2v) is 6.64. The Bertz CT molecular complexity index is 566. The van der Waals surface area contributed by atoms with E-state index in [9.17, 15) is 18.0 Å². The molecule has 20 heavy (non-hydrogen) atoms. The lowest BCUT2D eigenvalue weighted by Crippen LogP contribution is -2.24. The number of amides is 1. The van der Waals surface area contributed by atoms with E-state index < -0.39 is 28.6 Å². The maximum Gasteiger partial charge on any atom is 0.237 e. The highest BCUT2D eigenvalue weighted by atomic mass is 32.2. The minimum atomic E-state index is -1.60. The summed E-state index contributed by atoms with van der Waals surface area (Å²) in [5, 5.41) is 1.74. The molecular formula is C12H11F3N2OS2. The third-order valence-corrected chi connectivity index (χ3v) is 4.80. The van der Waals surface area contributed by atoms with Gasteiger partial charge in [-0.3, -0.25) is 9.79 Å². The fourth-order valence-corrected chi connectivity index (χ4v) is 3.58. The normalized spacial score (nSPS) is 15.9. The summed E-state index contributed by atoms with van der Waals surface area (Å²) < 4.78 is 40.0. The van der Waals surface area contributed by atoms with Gasteiger partial charge in [-0.05, 0) is 19.1 Å². The molecule has 1 aliphatic heterocycles. The number of carbonyl (C=O) groups is 1. The van der Waals surface area contributed by atoms with Crippen LogP contribution in [0.15, 0.2) is 17.1 Å². The lowest BCUT2D eigenvalue weighted by molar-refractivity contribution is -0.115. The number of nitrogens with one attached hydrogen (secondary N) is 1. The zero-order valence-corrected chi connectivity index (χ0v) is 12.1. The van der Waals surface area contributed by atoms with Gasteiger partial charge in [0.15, 0.2) is 17.5 Å². The minimum absolute atomic E-state index is 0.373. The van der Waals surface area contributed by atoms with Gasteiger partial charge in [0.25, 0.3) is 0 Å².